The van der Waals surface area contributed by atoms with Crippen molar-refractivity contribution in [3.05, 3.63) is 111 Å². The molecule has 0 spiro atoms. The summed E-state index contributed by atoms with van der Waals surface area (Å²) in [6.45, 7) is 23.8. The molecular formula is C36H52KN3O. The van der Waals surface area contributed by atoms with Crippen molar-refractivity contribution in [1.82, 2.24) is 9.88 Å². The maximum absolute atomic E-state index is 12.9. The molecule has 3 aromatic rings. The van der Waals surface area contributed by atoms with Gasteiger partial charge in [0.05, 0.1) is 5.52 Å². The summed E-state index contributed by atoms with van der Waals surface area (Å²) in [7, 11) is 0. The number of aliphatic imine (C=N–C) groups is 1. The second kappa shape index (κ2) is 23.5. The van der Waals surface area contributed by atoms with Crippen LogP contribution in [0.4, 0.5) is 0 Å². The summed E-state index contributed by atoms with van der Waals surface area (Å²) in [5, 5.41) is 4.33. The van der Waals surface area contributed by atoms with Gasteiger partial charge in [-0.15, -0.1) is 6.58 Å². The molecule has 4 nitrogen and oxygen atoms in total. The molecular weight excluding hydrogens is 530 g/mol. The molecule has 0 aliphatic carbocycles. The summed E-state index contributed by atoms with van der Waals surface area (Å²) < 4.78 is 1.96. The van der Waals surface area contributed by atoms with Crippen molar-refractivity contribution in [2.75, 3.05) is 0 Å². The Balaban J connectivity index is 0. The van der Waals surface area contributed by atoms with Gasteiger partial charge in [0.15, 0.2) is 0 Å². The number of aryl methyl sites for hydroxylation is 1. The van der Waals surface area contributed by atoms with Crippen molar-refractivity contribution >= 4 is 29.2 Å². The van der Waals surface area contributed by atoms with Gasteiger partial charge in [-0.1, -0.05) is 90.1 Å². The Hall–Kier alpha value is -2.02. The molecule has 2 aromatic carbocycles. The minimum atomic E-state index is -0.0162. The second-order valence-electron chi connectivity index (χ2n) is 10.2. The van der Waals surface area contributed by atoms with Crippen LogP contribution < -0.4 is 56.7 Å². The second-order valence-corrected chi connectivity index (χ2v) is 10.2. The molecule has 0 saturated carbocycles. The molecule has 0 radical (unpaired) electrons. The first kappa shape index (κ1) is 41.1. The van der Waals surface area contributed by atoms with E-state index in [4.69, 9.17) is 0 Å². The van der Waals surface area contributed by atoms with E-state index >= 15 is 0 Å². The number of carbonyl (C=O) groups excluding carboxylic acids is 1. The summed E-state index contributed by atoms with van der Waals surface area (Å²) >= 11 is 0. The fraction of sp³-hybridized carbons (Fsp3) is 0.361. The molecule has 0 unspecified atom stereocenters. The normalized spacial score (nSPS) is 11.5. The van der Waals surface area contributed by atoms with Crippen LogP contribution in [-0.2, 0) is 6.42 Å². The number of allylic oxidation sites excluding steroid dienone is 3. The van der Waals surface area contributed by atoms with Crippen LogP contribution in [0.1, 0.15) is 76.7 Å². The molecule has 0 saturated heterocycles. The molecule has 0 aliphatic rings. The Kier molecular flexibility index (Phi) is 23.6. The monoisotopic (exact) mass is 581 g/mol. The molecule has 5 heteroatoms. The van der Waals surface area contributed by atoms with Crippen LogP contribution >= 0.6 is 0 Å². The molecule has 1 heterocycles. The largest absolute Gasteiger partial charge is 1.00 e. The van der Waals surface area contributed by atoms with Gasteiger partial charge in [0.25, 0.3) is 5.91 Å². The van der Waals surface area contributed by atoms with Crippen molar-refractivity contribution < 1.29 is 56.2 Å². The third-order valence-electron chi connectivity index (χ3n) is 6.36. The first-order chi connectivity index (χ1) is 18.7. The van der Waals surface area contributed by atoms with Gasteiger partial charge >= 0.3 is 51.4 Å². The predicted molar refractivity (Wildman–Crippen MR) is 179 cm³/mol. The minimum Gasteiger partial charge on any atom is -0.358 e. The fourth-order valence-corrected chi connectivity index (χ4v) is 4.16. The van der Waals surface area contributed by atoms with E-state index in [1.54, 1.807) is 18.4 Å². The van der Waals surface area contributed by atoms with Crippen molar-refractivity contribution in [3.63, 3.8) is 0 Å². The Morgan fingerprint density at radius 1 is 1.05 bits per heavy atom. The number of amides is 1. The number of fused-ring (bicyclic) bond motifs is 1. The summed E-state index contributed by atoms with van der Waals surface area (Å²) in [6, 6.07) is 18.5. The summed E-state index contributed by atoms with van der Waals surface area (Å²) in [5.41, 5.74) is 3.81. The van der Waals surface area contributed by atoms with Gasteiger partial charge in [-0.2, -0.15) is 0 Å². The molecule has 0 bridgehead atoms. The van der Waals surface area contributed by atoms with Gasteiger partial charge < -0.3 is 17.3 Å². The number of hydrogen-bond acceptors (Lipinski definition) is 2. The molecule has 0 fully saturated rings. The standard InChI is InChI=1S/C24H33N3O.C8H10.C3H6.CH3.K/c1-7-18(4)15-22(14-17(2)3)26-24(28)21-9-8-20-11-13-27(23(20)16-21)19(5)10-12-25-6;1-2-8-6-4-3-5-7-8;1-3-2;;/h8-13,16-18,22H,5-7,14-15H2,1-4H3,(H,26,28);3-7H,2H2,1H3;3H,1H2,2H3;1H3;/q;;;-1;+1/b12-10-;;;;/t18-,22+;;;;/m0..../s1. The van der Waals surface area contributed by atoms with Crippen LogP contribution in [0.15, 0.2) is 97.3 Å². The summed E-state index contributed by atoms with van der Waals surface area (Å²) in [4.78, 5) is 16.7. The third-order valence-corrected chi connectivity index (χ3v) is 6.36. The maximum atomic E-state index is 12.9. The van der Waals surface area contributed by atoms with Gasteiger partial charge in [-0.05, 0) is 80.0 Å². The average Bonchev–Trinajstić information content (AvgIpc) is 3.36. The van der Waals surface area contributed by atoms with E-state index < -0.39 is 0 Å². The molecule has 41 heavy (non-hydrogen) atoms. The number of hydrogen-bond donors (Lipinski definition) is 1. The van der Waals surface area contributed by atoms with E-state index in [1.807, 2.05) is 48.0 Å². The fourth-order valence-electron chi connectivity index (χ4n) is 4.16. The number of aromatic nitrogens is 1. The first-order valence-corrected chi connectivity index (χ1v) is 14.0. The van der Waals surface area contributed by atoms with E-state index in [0.717, 1.165) is 42.3 Å². The van der Waals surface area contributed by atoms with Crippen molar-refractivity contribution in [3.8, 4) is 0 Å². The quantitative estimate of drug-likeness (QED) is 0.0874. The zero-order valence-corrected chi connectivity index (χ0v) is 30.1. The van der Waals surface area contributed by atoms with Crippen molar-refractivity contribution in [2.45, 2.75) is 73.3 Å². The molecule has 2 atom stereocenters. The van der Waals surface area contributed by atoms with Crippen LogP contribution in [-0.4, -0.2) is 23.2 Å². The van der Waals surface area contributed by atoms with Crippen LogP contribution in [0.2, 0.25) is 0 Å². The van der Waals surface area contributed by atoms with Crippen LogP contribution in [0, 0.1) is 19.3 Å². The SMILES string of the molecule is C=CC.C=N/C=C\C(=C)n1ccc2ccc(C(=O)N[C@H](CC(C)C)C[C@@H](C)CC)cc21.CCc1ccccc1.[CH3-].[K+]. The van der Waals surface area contributed by atoms with Gasteiger partial charge in [0.1, 0.15) is 0 Å². The molecule has 218 valence electrons. The van der Waals surface area contributed by atoms with E-state index in [1.165, 1.54) is 5.56 Å². The number of nitrogens with one attached hydrogen (secondary N) is 1. The van der Waals surface area contributed by atoms with Gasteiger partial charge in [0.2, 0.25) is 0 Å². The summed E-state index contributed by atoms with van der Waals surface area (Å²) in [5.74, 6) is 1.12. The van der Waals surface area contributed by atoms with Crippen LogP contribution in [0.3, 0.4) is 0 Å². The molecule has 3 rings (SSSR count). The summed E-state index contributed by atoms with van der Waals surface area (Å²) in [6.07, 6.45) is 11.4. The zero-order chi connectivity index (χ0) is 29.2. The zero-order valence-electron chi connectivity index (χ0n) is 27.0. The predicted octanol–water partition coefficient (Wildman–Crippen LogP) is 6.80. The van der Waals surface area contributed by atoms with Gasteiger partial charge in [-0.3, -0.25) is 9.79 Å². The molecule has 0 aliphatic heterocycles. The first-order valence-electron chi connectivity index (χ1n) is 14.0. The van der Waals surface area contributed by atoms with Crippen molar-refractivity contribution in [1.29, 1.82) is 0 Å². The Morgan fingerprint density at radius 2 is 1.68 bits per heavy atom. The maximum Gasteiger partial charge on any atom is 1.00 e. The van der Waals surface area contributed by atoms with E-state index in [0.29, 0.717) is 17.4 Å². The van der Waals surface area contributed by atoms with E-state index in [2.05, 4.69) is 89.1 Å². The molecule has 1 N–H and O–H groups in total. The Labute approximate surface area is 293 Å². The Bertz CT molecular complexity index is 1190. The van der Waals surface area contributed by atoms with E-state index in [-0.39, 0.29) is 70.8 Å². The van der Waals surface area contributed by atoms with Crippen LogP contribution in [0.5, 0.6) is 0 Å². The van der Waals surface area contributed by atoms with Gasteiger partial charge in [0, 0.05) is 29.7 Å². The third kappa shape index (κ3) is 15.7. The topological polar surface area (TPSA) is 46.4 Å². The molecule has 1 aromatic heterocycles. The van der Waals surface area contributed by atoms with E-state index in [9.17, 15) is 4.79 Å². The van der Waals surface area contributed by atoms with Crippen molar-refractivity contribution in [2.24, 2.45) is 16.8 Å². The number of benzene rings is 2. The van der Waals surface area contributed by atoms with Gasteiger partial charge in [-0.25, -0.2) is 0 Å². The number of nitrogens with zero attached hydrogens (tertiary/aromatic N) is 2. The van der Waals surface area contributed by atoms with Crippen LogP contribution in [0.25, 0.3) is 16.6 Å². The molecule has 1 amide bonds. The Morgan fingerprint density at radius 3 is 2.20 bits per heavy atom. The average molecular weight is 582 g/mol. The number of carbonyl (C=O) groups is 1. The number of rotatable bonds is 11. The smallest absolute Gasteiger partial charge is 0.358 e. The minimum absolute atomic E-state index is 0.